The molecule has 1 saturated heterocycles. The number of hydrogen-bond acceptors (Lipinski definition) is 4. The average molecular weight is 263 g/mol. The van der Waals surface area contributed by atoms with Crippen molar-refractivity contribution < 1.29 is 14.3 Å². The summed E-state index contributed by atoms with van der Waals surface area (Å²) in [4.78, 5) is 11.8. The van der Waals surface area contributed by atoms with E-state index in [0.29, 0.717) is 0 Å². The maximum Gasteiger partial charge on any atom is 0.325 e. The molecule has 0 saturated carbocycles. The van der Waals surface area contributed by atoms with Gasteiger partial charge in [0.1, 0.15) is 12.6 Å². The van der Waals surface area contributed by atoms with E-state index < -0.39 is 0 Å². The first-order valence-electron chi connectivity index (χ1n) is 6.77. The molecule has 1 aromatic rings. The number of benzene rings is 1. The zero-order valence-corrected chi connectivity index (χ0v) is 11.5. The van der Waals surface area contributed by atoms with Crippen LogP contribution in [0.25, 0.3) is 0 Å². The SMILES string of the molecule is CC1CC(OC(=O)CNc2ccccc2)CC(C)O1. The molecule has 2 unspecified atom stereocenters. The van der Waals surface area contributed by atoms with Gasteiger partial charge in [-0.05, 0) is 26.0 Å². The summed E-state index contributed by atoms with van der Waals surface area (Å²) in [5.41, 5.74) is 0.924. The van der Waals surface area contributed by atoms with Crippen LogP contribution in [0.15, 0.2) is 30.3 Å². The molecule has 2 atom stereocenters. The van der Waals surface area contributed by atoms with Gasteiger partial charge in [0, 0.05) is 18.5 Å². The van der Waals surface area contributed by atoms with Crippen molar-refractivity contribution >= 4 is 11.7 Å². The van der Waals surface area contributed by atoms with E-state index in [-0.39, 0.29) is 30.8 Å². The zero-order valence-electron chi connectivity index (χ0n) is 11.5. The number of esters is 1. The smallest absolute Gasteiger partial charge is 0.325 e. The standard InChI is InChI=1S/C15H21NO3/c1-11-8-14(9-12(2)18-11)19-15(17)10-16-13-6-4-3-5-7-13/h3-7,11-12,14,16H,8-10H2,1-2H3. The van der Waals surface area contributed by atoms with Gasteiger partial charge in [-0.15, -0.1) is 0 Å². The molecule has 1 fully saturated rings. The highest BCUT2D eigenvalue weighted by atomic mass is 16.6. The summed E-state index contributed by atoms with van der Waals surface area (Å²) in [6.45, 7) is 4.22. The second-order valence-corrected chi connectivity index (χ2v) is 5.06. The average Bonchev–Trinajstić information content (AvgIpc) is 2.36. The van der Waals surface area contributed by atoms with Crippen molar-refractivity contribution in [1.82, 2.24) is 0 Å². The molecule has 4 nitrogen and oxygen atoms in total. The largest absolute Gasteiger partial charge is 0.461 e. The molecule has 4 heteroatoms. The van der Waals surface area contributed by atoms with Gasteiger partial charge in [-0.3, -0.25) is 4.79 Å². The van der Waals surface area contributed by atoms with Gasteiger partial charge in [-0.1, -0.05) is 18.2 Å². The van der Waals surface area contributed by atoms with Gasteiger partial charge in [0.2, 0.25) is 0 Å². The van der Waals surface area contributed by atoms with Crippen molar-refractivity contribution in [2.45, 2.75) is 45.0 Å². The number of carbonyl (C=O) groups is 1. The third-order valence-electron chi connectivity index (χ3n) is 3.16. The van der Waals surface area contributed by atoms with Crippen LogP contribution in [-0.4, -0.2) is 30.8 Å². The van der Waals surface area contributed by atoms with Crippen LogP contribution in [0.3, 0.4) is 0 Å². The summed E-state index contributed by atoms with van der Waals surface area (Å²) in [6, 6.07) is 9.64. The summed E-state index contributed by atoms with van der Waals surface area (Å²) in [6.07, 6.45) is 1.85. The van der Waals surface area contributed by atoms with E-state index in [9.17, 15) is 4.79 Å². The zero-order chi connectivity index (χ0) is 13.7. The van der Waals surface area contributed by atoms with Crippen LogP contribution < -0.4 is 5.32 Å². The monoisotopic (exact) mass is 263 g/mol. The van der Waals surface area contributed by atoms with Gasteiger partial charge in [0.05, 0.1) is 12.2 Å². The van der Waals surface area contributed by atoms with Gasteiger partial charge < -0.3 is 14.8 Å². The predicted octanol–water partition coefficient (Wildman–Crippen LogP) is 2.60. The molecule has 1 N–H and O–H groups in total. The summed E-state index contributed by atoms with van der Waals surface area (Å²) < 4.78 is 11.1. The van der Waals surface area contributed by atoms with Gasteiger partial charge in [0.15, 0.2) is 0 Å². The first-order chi connectivity index (χ1) is 9.13. The highest BCUT2D eigenvalue weighted by molar-refractivity contribution is 5.75. The molecule has 1 heterocycles. The number of rotatable bonds is 4. The Morgan fingerprint density at radius 2 is 1.89 bits per heavy atom. The fourth-order valence-corrected chi connectivity index (χ4v) is 2.40. The Morgan fingerprint density at radius 1 is 1.26 bits per heavy atom. The van der Waals surface area contributed by atoms with Crippen LogP contribution in [0.5, 0.6) is 0 Å². The topological polar surface area (TPSA) is 47.6 Å². The lowest BCUT2D eigenvalue weighted by molar-refractivity contribution is -0.157. The van der Waals surface area contributed by atoms with E-state index in [1.807, 2.05) is 44.2 Å². The molecule has 0 bridgehead atoms. The maximum atomic E-state index is 11.8. The lowest BCUT2D eigenvalue weighted by atomic mass is 10.0. The Hall–Kier alpha value is -1.55. The van der Waals surface area contributed by atoms with Crippen LogP contribution in [-0.2, 0) is 14.3 Å². The minimum atomic E-state index is -0.213. The van der Waals surface area contributed by atoms with E-state index in [2.05, 4.69) is 5.32 Å². The maximum absolute atomic E-state index is 11.8. The lowest BCUT2D eigenvalue weighted by Crippen LogP contribution is -2.36. The Bertz CT molecular complexity index is 397. The molecule has 0 radical (unpaired) electrons. The van der Waals surface area contributed by atoms with Crippen molar-refractivity contribution in [2.24, 2.45) is 0 Å². The quantitative estimate of drug-likeness (QED) is 0.848. The van der Waals surface area contributed by atoms with Crippen LogP contribution in [0.4, 0.5) is 5.69 Å². The molecular formula is C15H21NO3. The normalized spacial score (nSPS) is 26.7. The van der Waals surface area contributed by atoms with Crippen LogP contribution >= 0.6 is 0 Å². The van der Waals surface area contributed by atoms with Crippen molar-refractivity contribution in [3.63, 3.8) is 0 Å². The minimum absolute atomic E-state index is 0.0242. The fourth-order valence-electron chi connectivity index (χ4n) is 2.40. The minimum Gasteiger partial charge on any atom is -0.461 e. The molecular weight excluding hydrogens is 242 g/mol. The van der Waals surface area contributed by atoms with E-state index in [1.54, 1.807) is 0 Å². The van der Waals surface area contributed by atoms with E-state index in [4.69, 9.17) is 9.47 Å². The molecule has 0 aliphatic carbocycles. The number of anilines is 1. The fraction of sp³-hybridized carbons (Fsp3) is 0.533. The van der Waals surface area contributed by atoms with Crippen molar-refractivity contribution in [2.75, 3.05) is 11.9 Å². The van der Waals surface area contributed by atoms with E-state index in [1.165, 1.54) is 0 Å². The Labute approximate surface area is 114 Å². The Balaban J connectivity index is 1.75. The summed E-state index contributed by atoms with van der Waals surface area (Å²) >= 11 is 0. The number of carbonyl (C=O) groups excluding carboxylic acids is 1. The van der Waals surface area contributed by atoms with Crippen molar-refractivity contribution in [3.8, 4) is 0 Å². The molecule has 1 aromatic carbocycles. The highest BCUT2D eigenvalue weighted by Crippen LogP contribution is 2.21. The second-order valence-electron chi connectivity index (χ2n) is 5.06. The lowest BCUT2D eigenvalue weighted by Gasteiger charge is -2.31. The Kier molecular flexibility index (Phi) is 4.80. The second kappa shape index (κ2) is 6.57. The van der Waals surface area contributed by atoms with Crippen LogP contribution in [0.1, 0.15) is 26.7 Å². The first kappa shape index (κ1) is 13.9. The molecule has 1 aliphatic rings. The number of para-hydroxylation sites is 1. The van der Waals surface area contributed by atoms with Gasteiger partial charge in [0.25, 0.3) is 0 Å². The van der Waals surface area contributed by atoms with Gasteiger partial charge >= 0.3 is 5.97 Å². The predicted molar refractivity (Wildman–Crippen MR) is 74.1 cm³/mol. The third-order valence-corrected chi connectivity index (χ3v) is 3.16. The first-order valence-corrected chi connectivity index (χ1v) is 6.77. The summed E-state index contributed by atoms with van der Waals surface area (Å²) in [5.74, 6) is -0.213. The van der Waals surface area contributed by atoms with E-state index in [0.717, 1.165) is 18.5 Å². The molecule has 0 amide bonds. The molecule has 0 spiro atoms. The van der Waals surface area contributed by atoms with Crippen LogP contribution in [0.2, 0.25) is 0 Å². The van der Waals surface area contributed by atoms with Gasteiger partial charge in [-0.25, -0.2) is 0 Å². The molecule has 1 aliphatic heterocycles. The van der Waals surface area contributed by atoms with Gasteiger partial charge in [-0.2, -0.15) is 0 Å². The molecule has 2 rings (SSSR count). The van der Waals surface area contributed by atoms with Crippen molar-refractivity contribution in [3.05, 3.63) is 30.3 Å². The summed E-state index contributed by atoms with van der Waals surface area (Å²) in [5, 5.41) is 3.05. The summed E-state index contributed by atoms with van der Waals surface area (Å²) in [7, 11) is 0. The van der Waals surface area contributed by atoms with E-state index >= 15 is 0 Å². The van der Waals surface area contributed by atoms with Crippen molar-refractivity contribution in [1.29, 1.82) is 0 Å². The molecule has 19 heavy (non-hydrogen) atoms. The Morgan fingerprint density at radius 3 is 2.53 bits per heavy atom. The van der Waals surface area contributed by atoms with Crippen LogP contribution in [0, 0.1) is 0 Å². The number of hydrogen-bond donors (Lipinski definition) is 1. The third kappa shape index (κ3) is 4.56. The number of ether oxygens (including phenoxy) is 2. The molecule has 0 aromatic heterocycles. The molecule has 104 valence electrons. The number of nitrogens with one attached hydrogen (secondary N) is 1. The highest BCUT2D eigenvalue weighted by Gasteiger charge is 2.26.